The molecule has 3 aromatic carbocycles. The zero-order valence-corrected chi connectivity index (χ0v) is 16.6. The number of aromatic nitrogens is 1. The lowest BCUT2D eigenvalue weighted by atomic mass is 10.1. The second-order valence-corrected chi connectivity index (χ2v) is 7.00. The van der Waals surface area contributed by atoms with Crippen LogP contribution >= 0.6 is 0 Å². The molecular weight excluding hydrogens is 358 g/mol. The standard InChI is InChI=1S/C25H25N3O/c1-29-22-11-12-23-24(13-14-27-25(23)15-22)28-18-21-9-7-20(8-10-21)17-26-16-19-5-3-2-4-6-19/h2-15,26H,16-18H2,1H3,(H,27,28). The number of nitrogens with zero attached hydrogens (tertiary/aromatic N) is 1. The van der Waals surface area contributed by atoms with Gasteiger partial charge in [-0.1, -0.05) is 54.6 Å². The fourth-order valence-corrected chi connectivity index (χ4v) is 3.33. The molecule has 0 amide bonds. The molecule has 0 fully saturated rings. The summed E-state index contributed by atoms with van der Waals surface area (Å²) < 4.78 is 5.29. The molecule has 4 rings (SSSR count). The second-order valence-electron chi connectivity index (χ2n) is 7.00. The van der Waals surface area contributed by atoms with E-state index in [0.717, 1.165) is 42.0 Å². The molecule has 29 heavy (non-hydrogen) atoms. The van der Waals surface area contributed by atoms with Gasteiger partial charge in [0.15, 0.2) is 0 Å². The van der Waals surface area contributed by atoms with E-state index in [0.29, 0.717) is 0 Å². The van der Waals surface area contributed by atoms with Crippen LogP contribution in [0.4, 0.5) is 5.69 Å². The van der Waals surface area contributed by atoms with Crippen molar-refractivity contribution in [1.82, 2.24) is 10.3 Å². The van der Waals surface area contributed by atoms with Gasteiger partial charge in [0.05, 0.1) is 12.6 Å². The molecule has 0 unspecified atom stereocenters. The zero-order valence-electron chi connectivity index (χ0n) is 16.6. The van der Waals surface area contributed by atoms with Gasteiger partial charge in [-0.25, -0.2) is 0 Å². The third-order valence-corrected chi connectivity index (χ3v) is 4.96. The summed E-state index contributed by atoms with van der Waals surface area (Å²) in [5.74, 6) is 0.818. The number of hydrogen-bond acceptors (Lipinski definition) is 4. The van der Waals surface area contributed by atoms with Crippen LogP contribution in [-0.2, 0) is 19.6 Å². The fourth-order valence-electron chi connectivity index (χ4n) is 3.33. The van der Waals surface area contributed by atoms with Crippen molar-refractivity contribution in [1.29, 1.82) is 0 Å². The summed E-state index contributed by atoms with van der Waals surface area (Å²) in [6, 6.07) is 27.2. The van der Waals surface area contributed by atoms with Crippen LogP contribution < -0.4 is 15.4 Å². The largest absolute Gasteiger partial charge is 0.497 e. The van der Waals surface area contributed by atoms with E-state index < -0.39 is 0 Å². The Balaban J connectivity index is 1.34. The molecular formula is C25H25N3O. The van der Waals surface area contributed by atoms with Gasteiger partial charge in [-0.3, -0.25) is 4.98 Å². The average Bonchev–Trinajstić information content (AvgIpc) is 2.79. The minimum atomic E-state index is 0.767. The molecule has 146 valence electrons. The van der Waals surface area contributed by atoms with Crippen molar-refractivity contribution >= 4 is 16.6 Å². The first-order valence-electron chi connectivity index (χ1n) is 9.81. The summed E-state index contributed by atoms with van der Waals surface area (Å²) >= 11 is 0. The molecule has 0 atom stereocenters. The normalized spacial score (nSPS) is 10.8. The second kappa shape index (κ2) is 9.22. The van der Waals surface area contributed by atoms with E-state index in [-0.39, 0.29) is 0 Å². The average molecular weight is 383 g/mol. The first kappa shape index (κ1) is 19.0. The first-order valence-corrected chi connectivity index (χ1v) is 9.81. The van der Waals surface area contributed by atoms with Gasteiger partial charge in [0.2, 0.25) is 0 Å². The van der Waals surface area contributed by atoms with Crippen molar-refractivity contribution in [2.45, 2.75) is 19.6 Å². The molecule has 0 aliphatic rings. The lowest BCUT2D eigenvalue weighted by molar-refractivity contribution is 0.415. The maximum Gasteiger partial charge on any atom is 0.121 e. The summed E-state index contributed by atoms with van der Waals surface area (Å²) in [5, 5.41) is 8.11. The number of anilines is 1. The van der Waals surface area contributed by atoms with Crippen molar-refractivity contribution in [3.63, 3.8) is 0 Å². The third-order valence-electron chi connectivity index (χ3n) is 4.96. The van der Waals surface area contributed by atoms with Gasteiger partial charge in [0.1, 0.15) is 5.75 Å². The first-order chi connectivity index (χ1) is 14.3. The monoisotopic (exact) mass is 383 g/mol. The van der Waals surface area contributed by atoms with Crippen molar-refractivity contribution in [3.05, 3.63) is 102 Å². The minimum absolute atomic E-state index is 0.767. The number of nitrogens with one attached hydrogen (secondary N) is 2. The van der Waals surface area contributed by atoms with Crippen LogP contribution in [0.1, 0.15) is 16.7 Å². The highest BCUT2D eigenvalue weighted by molar-refractivity contribution is 5.91. The quantitative estimate of drug-likeness (QED) is 0.442. The van der Waals surface area contributed by atoms with Crippen molar-refractivity contribution < 1.29 is 4.74 Å². The number of pyridine rings is 1. The molecule has 2 N–H and O–H groups in total. The third kappa shape index (κ3) is 4.92. The molecule has 0 bridgehead atoms. The van der Waals surface area contributed by atoms with Crippen molar-refractivity contribution in [2.75, 3.05) is 12.4 Å². The Bertz CT molecular complexity index is 1060. The smallest absolute Gasteiger partial charge is 0.121 e. The van der Waals surface area contributed by atoms with E-state index >= 15 is 0 Å². The summed E-state index contributed by atoms with van der Waals surface area (Å²) in [6.45, 7) is 2.51. The topological polar surface area (TPSA) is 46.2 Å². The molecule has 0 aliphatic carbocycles. The number of fused-ring (bicyclic) bond motifs is 1. The van der Waals surface area contributed by atoms with Gasteiger partial charge in [-0.05, 0) is 34.9 Å². The number of benzene rings is 3. The van der Waals surface area contributed by atoms with E-state index in [9.17, 15) is 0 Å². The summed E-state index contributed by atoms with van der Waals surface area (Å²) in [6.07, 6.45) is 1.83. The van der Waals surface area contributed by atoms with Gasteiger partial charge in [0, 0.05) is 43.0 Å². The molecule has 0 saturated heterocycles. The Morgan fingerprint density at radius 3 is 2.17 bits per heavy atom. The van der Waals surface area contributed by atoms with E-state index in [1.807, 2.05) is 36.5 Å². The minimum Gasteiger partial charge on any atom is -0.497 e. The number of ether oxygens (including phenoxy) is 1. The van der Waals surface area contributed by atoms with Gasteiger partial charge in [-0.2, -0.15) is 0 Å². The van der Waals surface area contributed by atoms with Crippen LogP contribution in [0.3, 0.4) is 0 Å². The van der Waals surface area contributed by atoms with Crippen LogP contribution in [0.15, 0.2) is 85.1 Å². The molecule has 0 saturated carbocycles. The predicted octanol–water partition coefficient (Wildman–Crippen LogP) is 5.15. The Hall–Kier alpha value is -3.37. The predicted molar refractivity (Wildman–Crippen MR) is 119 cm³/mol. The van der Waals surface area contributed by atoms with Gasteiger partial charge < -0.3 is 15.4 Å². The Morgan fingerprint density at radius 1 is 0.759 bits per heavy atom. The summed E-state index contributed by atoms with van der Waals surface area (Å²) in [4.78, 5) is 4.44. The van der Waals surface area contributed by atoms with Crippen LogP contribution in [0.2, 0.25) is 0 Å². The van der Waals surface area contributed by atoms with Gasteiger partial charge >= 0.3 is 0 Å². The van der Waals surface area contributed by atoms with Crippen LogP contribution in [0.5, 0.6) is 5.75 Å². The van der Waals surface area contributed by atoms with E-state index in [2.05, 4.69) is 64.1 Å². The Morgan fingerprint density at radius 2 is 1.45 bits per heavy atom. The molecule has 1 aromatic heterocycles. The highest BCUT2D eigenvalue weighted by Gasteiger charge is 2.04. The number of methoxy groups -OCH3 is 1. The van der Waals surface area contributed by atoms with E-state index in [1.54, 1.807) is 7.11 Å². The van der Waals surface area contributed by atoms with Crippen molar-refractivity contribution in [3.8, 4) is 5.75 Å². The van der Waals surface area contributed by atoms with Crippen LogP contribution in [0.25, 0.3) is 10.9 Å². The fraction of sp³-hybridized carbons (Fsp3) is 0.160. The lowest BCUT2D eigenvalue weighted by Gasteiger charge is -2.11. The molecule has 1 heterocycles. The van der Waals surface area contributed by atoms with Crippen molar-refractivity contribution in [2.24, 2.45) is 0 Å². The highest BCUT2D eigenvalue weighted by atomic mass is 16.5. The number of rotatable bonds is 8. The maximum atomic E-state index is 5.29. The van der Waals surface area contributed by atoms with Crippen LogP contribution in [-0.4, -0.2) is 12.1 Å². The zero-order chi connectivity index (χ0) is 19.9. The molecule has 4 aromatic rings. The Labute approximate surface area is 171 Å². The SMILES string of the molecule is COc1ccc2c(NCc3ccc(CNCc4ccccc4)cc3)ccnc2c1. The van der Waals surface area contributed by atoms with E-state index in [1.165, 1.54) is 16.7 Å². The summed E-state index contributed by atoms with van der Waals surface area (Å²) in [7, 11) is 1.67. The van der Waals surface area contributed by atoms with Gasteiger partial charge in [-0.15, -0.1) is 0 Å². The molecule has 0 spiro atoms. The molecule has 4 nitrogen and oxygen atoms in total. The molecule has 0 radical (unpaired) electrons. The lowest BCUT2D eigenvalue weighted by Crippen LogP contribution is -2.12. The van der Waals surface area contributed by atoms with Crippen LogP contribution in [0, 0.1) is 0 Å². The molecule has 0 aliphatic heterocycles. The molecule has 4 heteroatoms. The summed E-state index contributed by atoms with van der Waals surface area (Å²) in [5.41, 5.74) is 5.83. The highest BCUT2D eigenvalue weighted by Crippen LogP contribution is 2.25. The van der Waals surface area contributed by atoms with Gasteiger partial charge in [0.25, 0.3) is 0 Å². The Kier molecular flexibility index (Phi) is 6.03. The number of hydrogen-bond donors (Lipinski definition) is 2. The maximum absolute atomic E-state index is 5.29. The van der Waals surface area contributed by atoms with E-state index in [4.69, 9.17) is 4.74 Å².